The first kappa shape index (κ1) is 27.8. The van der Waals surface area contributed by atoms with E-state index in [0.29, 0.717) is 12.1 Å². The Bertz CT molecular complexity index is 735. The van der Waals surface area contributed by atoms with Gasteiger partial charge >= 0.3 is 6.09 Å². The van der Waals surface area contributed by atoms with Gasteiger partial charge < -0.3 is 20.3 Å². The number of benzene rings is 1. The summed E-state index contributed by atoms with van der Waals surface area (Å²) >= 11 is 4.27. The minimum absolute atomic E-state index is 0.0704. The summed E-state index contributed by atoms with van der Waals surface area (Å²) in [4.78, 5) is 40.6. The minimum atomic E-state index is -0.935. The van der Waals surface area contributed by atoms with Crippen LogP contribution in [0.5, 0.6) is 0 Å². The summed E-state index contributed by atoms with van der Waals surface area (Å²) in [6.07, 6.45) is 2.24. The summed E-state index contributed by atoms with van der Waals surface area (Å²) in [5.74, 6) is -0.566. The van der Waals surface area contributed by atoms with Crippen molar-refractivity contribution in [1.29, 1.82) is 0 Å². The number of nitrogens with one attached hydrogen (secondary N) is 2. The van der Waals surface area contributed by atoms with E-state index in [0.717, 1.165) is 19.3 Å². The van der Waals surface area contributed by atoms with E-state index in [-0.39, 0.29) is 17.7 Å². The molecule has 0 bridgehead atoms. The molecule has 0 heterocycles. The third-order valence-corrected chi connectivity index (χ3v) is 5.07. The van der Waals surface area contributed by atoms with Crippen LogP contribution in [0.2, 0.25) is 0 Å². The molecule has 8 heteroatoms. The number of amides is 3. The molecule has 1 aromatic carbocycles. The first-order chi connectivity index (χ1) is 15.0. The topological polar surface area (TPSA) is 87.7 Å². The number of carbonyl (C=O) groups is 3. The number of hydrogen-bond donors (Lipinski definition) is 3. The highest BCUT2D eigenvalue weighted by atomic mass is 32.1. The van der Waals surface area contributed by atoms with Gasteiger partial charge in [0.2, 0.25) is 11.8 Å². The fraction of sp³-hybridized carbons (Fsp3) is 0.625. The first-order valence-corrected chi connectivity index (χ1v) is 11.9. The van der Waals surface area contributed by atoms with E-state index in [4.69, 9.17) is 4.74 Å². The molecule has 0 spiro atoms. The van der Waals surface area contributed by atoms with E-state index in [1.807, 2.05) is 44.2 Å². The molecular weight excluding hydrogens is 426 g/mol. The number of alkyl carbamates (subject to hydrolysis) is 1. The van der Waals surface area contributed by atoms with Gasteiger partial charge in [-0.25, -0.2) is 4.79 Å². The Hall–Kier alpha value is -2.22. The van der Waals surface area contributed by atoms with Crippen molar-refractivity contribution in [3.05, 3.63) is 35.9 Å². The molecule has 3 amide bonds. The SMILES string of the molecule is CCCCCNC(=O)C(c1ccccc1)N(C(=O)C(CS)NC(=O)OC(C)(C)C)C(C)C. The lowest BCUT2D eigenvalue weighted by atomic mass is 10.0. The number of rotatable bonds is 11. The van der Waals surface area contributed by atoms with Gasteiger partial charge in [-0.1, -0.05) is 50.1 Å². The molecule has 2 atom stereocenters. The van der Waals surface area contributed by atoms with Crippen LogP contribution in [0.15, 0.2) is 30.3 Å². The van der Waals surface area contributed by atoms with Gasteiger partial charge in [0.1, 0.15) is 17.7 Å². The second kappa shape index (κ2) is 13.4. The smallest absolute Gasteiger partial charge is 0.408 e. The monoisotopic (exact) mass is 465 g/mol. The van der Waals surface area contributed by atoms with Crippen LogP contribution in [-0.2, 0) is 14.3 Å². The van der Waals surface area contributed by atoms with E-state index in [9.17, 15) is 14.4 Å². The fourth-order valence-electron chi connectivity index (χ4n) is 3.25. The maximum absolute atomic E-state index is 13.5. The first-order valence-electron chi connectivity index (χ1n) is 11.3. The van der Waals surface area contributed by atoms with Crippen molar-refractivity contribution in [3.63, 3.8) is 0 Å². The van der Waals surface area contributed by atoms with Gasteiger partial charge in [0.05, 0.1) is 0 Å². The van der Waals surface area contributed by atoms with Crippen molar-refractivity contribution in [2.24, 2.45) is 0 Å². The Balaban J connectivity index is 3.19. The Kier molecular flexibility index (Phi) is 11.6. The molecule has 0 aliphatic rings. The van der Waals surface area contributed by atoms with Gasteiger partial charge in [-0.3, -0.25) is 9.59 Å². The zero-order valence-electron chi connectivity index (χ0n) is 20.2. The van der Waals surface area contributed by atoms with E-state index in [1.54, 1.807) is 20.8 Å². The number of nitrogens with zero attached hydrogens (tertiary/aromatic N) is 1. The summed E-state index contributed by atoms with van der Waals surface area (Å²) in [6.45, 7) is 11.6. The zero-order valence-corrected chi connectivity index (χ0v) is 21.1. The van der Waals surface area contributed by atoms with Crippen LogP contribution in [-0.4, -0.2) is 52.8 Å². The number of unbranched alkanes of at least 4 members (excludes halogenated alkanes) is 2. The molecule has 1 aromatic rings. The Morgan fingerprint density at radius 2 is 1.72 bits per heavy atom. The van der Waals surface area contributed by atoms with Crippen molar-refractivity contribution in [2.45, 2.75) is 84.5 Å². The Morgan fingerprint density at radius 3 is 2.22 bits per heavy atom. The molecule has 1 rings (SSSR count). The van der Waals surface area contributed by atoms with Crippen LogP contribution in [0, 0.1) is 0 Å². The average Bonchev–Trinajstić information content (AvgIpc) is 2.71. The predicted molar refractivity (Wildman–Crippen MR) is 131 cm³/mol. The van der Waals surface area contributed by atoms with Gasteiger partial charge in [-0.15, -0.1) is 0 Å². The fourth-order valence-corrected chi connectivity index (χ4v) is 3.50. The molecule has 0 radical (unpaired) electrons. The molecule has 7 nitrogen and oxygen atoms in total. The van der Waals surface area contributed by atoms with E-state index in [1.165, 1.54) is 4.90 Å². The molecule has 32 heavy (non-hydrogen) atoms. The second-order valence-corrected chi connectivity index (χ2v) is 9.40. The lowest BCUT2D eigenvalue weighted by Crippen LogP contribution is -2.55. The highest BCUT2D eigenvalue weighted by Gasteiger charge is 2.37. The van der Waals surface area contributed by atoms with Crippen LogP contribution in [0.25, 0.3) is 0 Å². The molecule has 180 valence electrons. The van der Waals surface area contributed by atoms with Gasteiger partial charge in [0, 0.05) is 18.3 Å². The maximum Gasteiger partial charge on any atom is 0.408 e. The summed E-state index contributed by atoms with van der Waals surface area (Å²) < 4.78 is 5.30. The molecule has 0 aliphatic carbocycles. The molecule has 0 fully saturated rings. The minimum Gasteiger partial charge on any atom is -0.444 e. The third kappa shape index (κ3) is 9.10. The van der Waals surface area contributed by atoms with Crippen molar-refractivity contribution in [1.82, 2.24) is 15.5 Å². The Morgan fingerprint density at radius 1 is 1.09 bits per heavy atom. The lowest BCUT2D eigenvalue weighted by Gasteiger charge is -2.37. The van der Waals surface area contributed by atoms with Crippen LogP contribution >= 0.6 is 12.6 Å². The molecule has 0 aromatic heterocycles. The van der Waals surface area contributed by atoms with Crippen LogP contribution in [0.1, 0.15) is 72.4 Å². The highest BCUT2D eigenvalue weighted by molar-refractivity contribution is 7.80. The third-order valence-electron chi connectivity index (χ3n) is 4.70. The average molecular weight is 466 g/mol. The molecule has 0 aliphatic heterocycles. The number of ether oxygens (including phenoxy) is 1. The quantitative estimate of drug-likeness (QED) is 0.339. The number of carbonyl (C=O) groups excluding carboxylic acids is 3. The normalized spacial score (nSPS) is 13.2. The lowest BCUT2D eigenvalue weighted by molar-refractivity contribution is -0.144. The van der Waals surface area contributed by atoms with Gasteiger partial charge in [-0.05, 0) is 46.6 Å². The summed E-state index contributed by atoms with van der Waals surface area (Å²) in [5, 5.41) is 5.57. The van der Waals surface area contributed by atoms with Crippen molar-refractivity contribution >= 4 is 30.5 Å². The maximum atomic E-state index is 13.5. The molecule has 0 saturated heterocycles. The van der Waals surface area contributed by atoms with Crippen molar-refractivity contribution in [2.75, 3.05) is 12.3 Å². The van der Waals surface area contributed by atoms with E-state index < -0.39 is 29.7 Å². The zero-order chi connectivity index (χ0) is 24.3. The van der Waals surface area contributed by atoms with Crippen molar-refractivity contribution < 1.29 is 19.1 Å². The van der Waals surface area contributed by atoms with Crippen molar-refractivity contribution in [3.8, 4) is 0 Å². The van der Waals surface area contributed by atoms with E-state index in [2.05, 4.69) is 30.2 Å². The van der Waals surface area contributed by atoms with Crippen LogP contribution in [0.3, 0.4) is 0 Å². The summed E-state index contributed by atoms with van der Waals surface area (Å²) in [6, 6.07) is 7.14. The van der Waals surface area contributed by atoms with Crippen LogP contribution in [0.4, 0.5) is 4.79 Å². The molecular formula is C24H39N3O4S. The molecule has 2 unspecified atom stereocenters. The van der Waals surface area contributed by atoms with Gasteiger partial charge in [-0.2, -0.15) is 12.6 Å². The number of hydrogen-bond acceptors (Lipinski definition) is 5. The second-order valence-electron chi connectivity index (χ2n) is 9.03. The largest absolute Gasteiger partial charge is 0.444 e. The van der Waals surface area contributed by atoms with Gasteiger partial charge in [0.25, 0.3) is 0 Å². The summed E-state index contributed by atoms with van der Waals surface area (Å²) in [7, 11) is 0. The standard InChI is InChI=1S/C24H39N3O4S/c1-7-8-12-15-25-21(28)20(18-13-10-9-11-14-18)27(17(2)3)22(29)19(16-32)26-23(30)31-24(4,5)6/h9-11,13-14,17,19-20,32H,7-8,12,15-16H2,1-6H3,(H,25,28)(H,26,30). The summed E-state index contributed by atoms with van der Waals surface area (Å²) in [5.41, 5.74) is 0.00877. The molecule has 2 N–H and O–H groups in total. The highest BCUT2D eigenvalue weighted by Crippen LogP contribution is 2.25. The predicted octanol–water partition coefficient (Wildman–Crippen LogP) is 4.09. The van der Waals surface area contributed by atoms with Crippen LogP contribution < -0.4 is 10.6 Å². The van der Waals surface area contributed by atoms with E-state index >= 15 is 0 Å². The number of thiol groups is 1. The Labute approximate surface area is 198 Å². The van der Waals surface area contributed by atoms with Gasteiger partial charge in [0.15, 0.2) is 0 Å². The molecule has 0 saturated carbocycles.